The minimum absolute atomic E-state index is 0. The van der Waals surface area contributed by atoms with Crippen LogP contribution in [0.4, 0.5) is 18.9 Å². The number of anilines is 1. The Morgan fingerprint density at radius 2 is 1.57 bits per heavy atom. The number of hydrogen-bond donors (Lipinski definition) is 3. The second-order valence-corrected chi connectivity index (χ2v) is 8.67. The number of halogens is 4. The summed E-state index contributed by atoms with van der Waals surface area (Å²) < 4.78 is 68.2. The third-order valence-corrected chi connectivity index (χ3v) is 6.28. The summed E-state index contributed by atoms with van der Waals surface area (Å²) in [5.41, 5.74) is 5.18. The number of hydrogen-bond acceptors (Lipinski definition) is 4. The first-order valence-electron chi connectivity index (χ1n) is 8.99. The molecule has 0 aliphatic heterocycles. The van der Waals surface area contributed by atoms with E-state index < -0.39 is 38.9 Å². The Morgan fingerprint density at radius 1 is 0.933 bits per heavy atom. The average molecular weight is 464 g/mol. The molecule has 1 aliphatic carbocycles. The molecule has 2 aromatic carbocycles. The van der Waals surface area contributed by atoms with Gasteiger partial charge in [-0.15, -0.1) is 12.4 Å². The lowest BCUT2D eigenvalue weighted by molar-refractivity contribution is 0.102. The Balaban J connectivity index is 0.00000320. The van der Waals surface area contributed by atoms with Crippen molar-refractivity contribution in [2.24, 2.45) is 5.73 Å². The number of sulfonamides is 1. The van der Waals surface area contributed by atoms with Crippen LogP contribution in [0.25, 0.3) is 0 Å². The molecule has 4 N–H and O–H groups in total. The third-order valence-electron chi connectivity index (χ3n) is 4.76. The summed E-state index contributed by atoms with van der Waals surface area (Å²) in [4.78, 5) is 12.1. The Morgan fingerprint density at radius 3 is 2.20 bits per heavy atom. The van der Waals surface area contributed by atoms with Crippen LogP contribution in [-0.4, -0.2) is 26.4 Å². The van der Waals surface area contributed by atoms with E-state index in [1.54, 1.807) is 0 Å². The minimum Gasteiger partial charge on any atom is -0.328 e. The Bertz CT molecular complexity index is 1030. The van der Waals surface area contributed by atoms with E-state index in [1.807, 2.05) is 0 Å². The highest BCUT2D eigenvalue weighted by molar-refractivity contribution is 7.89. The minimum atomic E-state index is -3.98. The second-order valence-electron chi connectivity index (χ2n) is 6.96. The Labute approximate surface area is 178 Å². The summed E-state index contributed by atoms with van der Waals surface area (Å²) in [5.74, 6) is -4.23. The highest BCUT2D eigenvalue weighted by Crippen LogP contribution is 2.22. The third kappa shape index (κ3) is 5.72. The molecule has 0 spiro atoms. The van der Waals surface area contributed by atoms with Crippen LogP contribution in [0, 0.1) is 17.5 Å². The van der Waals surface area contributed by atoms with Gasteiger partial charge in [-0.25, -0.2) is 26.3 Å². The number of carbonyl (C=O) groups is 1. The van der Waals surface area contributed by atoms with Crippen molar-refractivity contribution in [1.82, 2.24) is 4.72 Å². The highest BCUT2D eigenvalue weighted by Gasteiger charge is 2.26. The van der Waals surface area contributed by atoms with E-state index in [0.29, 0.717) is 25.7 Å². The van der Waals surface area contributed by atoms with Gasteiger partial charge in [-0.2, -0.15) is 0 Å². The molecular weight excluding hydrogens is 443 g/mol. The molecular formula is C19H21ClF3N3O3S. The molecule has 1 saturated carbocycles. The molecule has 1 fully saturated rings. The molecule has 0 radical (unpaired) electrons. The van der Waals surface area contributed by atoms with Crippen molar-refractivity contribution in [2.45, 2.75) is 42.7 Å². The van der Waals surface area contributed by atoms with E-state index in [1.165, 1.54) is 0 Å². The van der Waals surface area contributed by atoms with E-state index in [-0.39, 0.29) is 35.1 Å². The van der Waals surface area contributed by atoms with E-state index >= 15 is 0 Å². The van der Waals surface area contributed by atoms with Crippen molar-refractivity contribution in [3.8, 4) is 0 Å². The molecule has 3 rings (SSSR count). The fourth-order valence-corrected chi connectivity index (χ4v) is 4.47. The summed E-state index contributed by atoms with van der Waals surface area (Å²) in [6.07, 6.45) is 2.56. The molecule has 0 bridgehead atoms. The first-order valence-corrected chi connectivity index (χ1v) is 10.5. The summed E-state index contributed by atoms with van der Waals surface area (Å²) in [5, 5.41) is 2.22. The van der Waals surface area contributed by atoms with E-state index in [4.69, 9.17) is 5.73 Å². The van der Waals surface area contributed by atoms with E-state index in [0.717, 1.165) is 36.4 Å². The Kier molecular flexibility index (Phi) is 7.87. The first-order chi connectivity index (χ1) is 13.7. The molecule has 0 aromatic heterocycles. The number of rotatable bonds is 5. The van der Waals surface area contributed by atoms with Gasteiger partial charge in [0.05, 0.1) is 10.5 Å². The van der Waals surface area contributed by atoms with Gasteiger partial charge >= 0.3 is 0 Å². The standard InChI is InChI=1S/C19H20F3N3O3S.ClH/c20-16-8-6-14(29(27,28)25-12-3-1-11(23)2-4-12)10-15(16)19(26)24-13-5-7-17(21)18(22)9-13;/h5-12,25H,1-4,23H2,(H,24,26);1H. The average Bonchev–Trinajstić information content (AvgIpc) is 2.66. The largest absolute Gasteiger partial charge is 0.328 e. The molecule has 0 atom stereocenters. The second kappa shape index (κ2) is 9.78. The zero-order chi connectivity index (χ0) is 21.2. The predicted molar refractivity (Wildman–Crippen MR) is 109 cm³/mol. The maximum atomic E-state index is 14.1. The highest BCUT2D eigenvalue weighted by atomic mass is 35.5. The number of amides is 1. The van der Waals surface area contributed by atoms with Gasteiger partial charge in [-0.1, -0.05) is 0 Å². The summed E-state index contributed by atoms with van der Waals surface area (Å²) in [6.45, 7) is 0. The molecule has 30 heavy (non-hydrogen) atoms. The lowest BCUT2D eigenvalue weighted by atomic mass is 9.93. The Hall–Kier alpha value is -2.14. The molecule has 0 heterocycles. The first kappa shape index (κ1) is 24.1. The molecule has 164 valence electrons. The van der Waals surface area contributed by atoms with Crippen LogP contribution >= 0.6 is 12.4 Å². The molecule has 6 nitrogen and oxygen atoms in total. The van der Waals surface area contributed by atoms with Gasteiger partial charge in [-0.05, 0) is 56.0 Å². The van der Waals surface area contributed by atoms with Gasteiger partial charge in [0, 0.05) is 23.8 Å². The van der Waals surface area contributed by atoms with Crippen LogP contribution in [0.2, 0.25) is 0 Å². The van der Waals surface area contributed by atoms with Crippen molar-refractivity contribution < 1.29 is 26.4 Å². The maximum absolute atomic E-state index is 14.1. The SMILES string of the molecule is Cl.NC1CCC(NS(=O)(=O)c2ccc(F)c(C(=O)Nc3ccc(F)c(F)c3)c2)CC1. The van der Waals surface area contributed by atoms with Crippen molar-refractivity contribution in [1.29, 1.82) is 0 Å². The van der Waals surface area contributed by atoms with Crippen molar-refractivity contribution >= 4 is 34.0 Å². The zero-order valence-corrected chi connectivity index (χ0v) is 17.3. The quantitative estimate of drug-likeness (QED) is 0.633. The lowest BCUT2D eigenvalue weighted by Crippen LogP contribution is -2.40. The maximum Gasteiger partial charge on any atom is 0.258 e. The topological polar surface area (TPSA) is 101 Å². The van der Waals surface area contributed by atoms with Gasteiger partial charge in [0.15, 0.2) is 11.6 Å². The number of benzene rings is 2. The van der Waals surface area contributed by atoms with Crippen LogP contribution in [0.15, 0.2) is 41.3 Å². The van der Waals surface area contributed by atoms with E-state index in [2.05, 4.69) is 10.0 Å². The van der Waals surface area contributed by atoms with Crippen LogP contribution < -0.4 is 15.8 Å². The van der Waals surface area contributed by atoms with Crippen molar-refractivity contribution in [3.05, 3.63) is 59.4 Å². The predicted octanol–water partition coefficient (Wildman–Crippen LogP) is 3.33. The van der Waals surface area contributed by atoms with Gasteiger partial charge in [0.2, 0.25) is 10.0 Å². The summed E-state index contributed by atoms with van der Waals surface area (Å²) >= 11 is 0. The molecule has 11 heteroatoms. The summed E-state index contributed by atoms with van der Waals surface area (Å²) in [6, 6.07) is 5.23. The molecule has 1 amide bonds. The van der Waals surface area contributed by atoms with E-state index in [9.17, 15) is 26.4 Å². The molecule has 2 aromatic rings. The van der Waals surface area contributed by atoms with Crippen LogP contribution in [0.3, 0.4) is 0 Å². The van der Waals surface area contributed by atoms with Crippen LogP contribution in [-0.2, 0) is 10.0 Å². The molecule has 1 aliphatic rings. The molecule has 0 saturated heterocycles. The smallest absolute Gasteiger partial charge is 0.258 e. The van der Waals surface area contributed by atoms with Crippen molar-refractivity contribution in [2.75, 3.05) is 5.32 Å². The monoisotopic (exact) mass is 463 g/mol. The number of nitrogens with two attached hydrogens (primary N) is 1. The normalized spacial score (nSPS) is 19.1. The molecule has 0 unspecified atom stereocenters. The van der Waals surface area contributed by atoms with Gasteiger partial charge in [0.1, 0.15) is 5.82 Å². The fourth-order valence-electron chi connectivity index (χ4n) is 3.14. The van der Waals surface area contributed by atoms with Gasteiger partial charge < -0.3 is 11.1 Å². The zero-order valence-electron chi connectivity index (χ0n) is 15.7. The van der Waals surface area contributed by atoms with Crippen LogP contribution in [0.5, 0.6) is 0 Å². The van der Waals surface area contributed by atoms with Gasteiger partial charge in [-0.3, -0.25) is 4.79 Å². The summed E-state index contributed by atoms with van der Waals surface area (Å²) in [7, 11) is -3.98. The van der Waals surface area contributed by atoms with Crippen molar-refractivity contribution in [3.63, 3.8) is 0 Å². The number of carbonyl (C=O) groups excluding carboxylic acids is 1. The number of nitrogens with one attached hydrogen (secondary N) is 2. The van der Waals surface area contributed by atoms with Crippen LogP contribution in [0.1, 0.15) is 36.0 Å². The van der Waals surface area contributed by atoms with Gasteiger partial charge in [0.25, 0.3) is 5.91 Å². The fraction of sp³-hybridized carbons (Fsp3) is 0.316. The lowest BCUT2D eigenvalue weighted by Gasteiger charge is -2.26.